The highest BCUT2D eigenvalue weighted by Gasteiger charge is 2.22. The van der Waals surface area contributed by atoms with E-state index in [1.54, 1.807) is 13.8 Å². The van der Waals surface area contributed by atoms with Crippen LogP contribution in [0.25, 0.3) is 0 Å². The van der Waals surface area contributed by atoms with Gasteiger partial charge in [-0.2, -0.15) is 4.31 Å². The first kappa shape index (κ1) is 17.5. The van der Waals surface area contributed by atoms with Crippen LogP contribution in [0.15, 0.2) is 23.1 Å². The number of nitrogens with one attached hydrogen (secondary N) is 1. The highest BCUT2D eigenvalue weighted by atomic mass is 32.2. The van der Waals surface area contributed by atoms with Crippen molar-refractivity contribution < 1.29 is 18.3 Å². The van der Waals surface area contributed by atoms with E-state index in [1.807, 2.05) is 6.92 Å². The SMILES string of the molecule is CCCC(=O)Nc1cc(S(=O)(=O)N(CC)CC)ccc1O. The van der Waals surface area contributed by atoms with Crippen molar-refractivity contribution in [1.82, 2.24) is 4.31 Å². The van der Waals surface area contributed by atoms with Crippen LogP contribution in [0, 0.1) is 0 Å². The molecule has 1 rings (SSSR count). The summed E-state index contributed by atoms with van der Waals surface area (Å²) in [6.07, 6.45) is 0.983. The third-order valence-corrected chi connectivity index (χ3v) is 5.11. The zero-order valence-electron chi connectivity index (χ0n) is 12.6. The Bertz CT molecular complexity index is 595. The fourth-order valence-corrected chi connectivity index (χ4v) is 3.41. The summed E-state index contributed by atoms with van der Waals surface area (Å²) in [5.41, 5.74) is 0.113. The molecule has 0 heterocycles. The quantitative estimate of drug-likeness (QED) is 0.755. The molecule has 21 heavy (non-hydrogen) atoms. The molecule has 0 saturated carbocycles. The van der Waals surface area contributed by atoms with Gasteiger partial charge in [-0.25, -0.2) is 8.42 Å². The van der Waals surface area contributed by atoms with Gasteiger partial charge in [-0.15, -0.1) is 0 Å². The van der Waals surface area contributed by atoms with E-state index in [1.165, 1.54) is 22.5 Å². The molecule has 0 spiro atoms. The third-order valence-electron chi connectivity index (χ3n) is 3.06. The standard InChI is InChI=1S/C14H22N2O4S/c1-4-7-14(18)15-12-10-11(8-9-13(12)17)21(19,20)16(5-2)6-3/h8-10,17H,4-7H2,1-3H3,(H,15,18). The number of phenolic OH excluding ortho intramolecular Hbond substituents is 1. The van der Waals surface area contributed by atoms with Gasteiger partial charge in [0.2, 0.25) is 15.9 Å². The van der Waals surface area contributed by atoms with Gasteiger partial charge in [0.05, 0.1) is 10.6 Å². The summed E-state index contributed by atoms with van der Waals surface area (Å²) in [5.74, 6) is -0.414. The number of phenols is 1. The molecule has 0 fully saturated rings. The number of hydrogen-bond donors (Lipinski definition) is 2. The zero-order valence-corrected chi connectivity index (χ0v) is 13.4. The van der Waals surface area contributed by atoms with E-state index in [0.29, 0.717) is 25.9 Å². The number of anilines is 1. The molecule has 0 aliphatic heterocycles. The van der Waals surface area contributed by atoms with Gasteiger partial charge >= 0.3 is 0 Å². The Morgan fingerprint density at radius 2 is 1.86 bits per heavy atom. The zero-order chi connectivity index (χ0) is 16.0. The van der Waals surface area contributed by atoms with Gasteiger partial charge in [0, 0.05) is 19.5 Å². The maximum Gasteiger partial charge on any atom is 0.243 e. The Labute approximate surface area is 125 Å². The summed E-state index contributed by atoms with van der Waals surface area (Å²) in [4.78, 5) is 11.6. The van der Waals surface area contributed by atoms with Crippen molar-refractivity contribution in [1.29, 1.82) is 0 Å². The maximum absolute atomic E-state index is 12.4. The molecule has 118 valence electrons. The normalized spacial score (nSPS) is 11.6. The minimum Gasteiger partial charge on any atom is -0.506 e. The van der Waals surface area contributed by atoms with E-state index in [2.05, 4.69) is 5.32 Å². The smallest absolute Gasteiger partial charge is 0.243 e. The summed E-state index contributed by atoms with van der Waals surface area (Å²) in [7, 11) is -3.62. The van der Waals surface area contributed by atoms with Gasteiger partial charge in [-0.05, 0) is 24.6 Å². The summed E-state index contributed by atoms with van der Waals surface area (Å²) in [6.45, 7) is 6.09. The van der Waals surface area contributed by atoms with E-state index in [-0.39, 0.29) is 22.2 Å². The first-order valence-electron chi connectivity index (χ1n) is 6.99. The maximum atomic E-state index is 12.4. The van der Waals surface area contributed by atoms with E-state index in [9.17, 15) is 18.3 Å². The molecule has 0 radical (unpaired) electrons. The molecule has 2 N–H and O–H groups in total. The Morgan fingerprint density at radius 1 is 1.24 bits per heavy atom. The van der Waals surface area contributed by atoms with Crippen LogP contribution >= 0.6 is 0 Å². The molecule has 0 saturated heterocycles. The molecule has 6 nitrogen and oxygen atoms in total. The molecular weight excluding hydrogens is 292 g/mol. The fraction of sp³-hybridized carbons (Fsp3) is 0.500. The number of sulfonamides is 1. The predicted octanol–water partition coefficient (Wildman–Crippen LogP) is 2.16. The van der Waals surface area contributed by atoms with Gasteiger partial charge in [-0.3, -0.25) is 4.79 Å². The van der Waals surface area contributed by atoms with Crippen LogP contribution in [-0.2, 0) is 14.8 Å². The molecule has 0 bridgehead atoms. The van der Waals surface area contributed by atoms with Crippen LogP contribution in [0.3, 0.4) is 0 Å². The number of amides is 1. The largest absolute Gasteiger partial charge is 0.506 e. The lowest BCUT2D eigenvalue weighted by Crippen LogP contribution is -2.30. The Hall–Kier alpha value is -1.60. The van der Waals surface area contributed by atoms with Crippen LogP contribution in [-0.4, -0.2) is 36.8 Å². The molecule has 1 aromatic rings. The van der Waals surface area contributed by atoms with Gasteiger partial charge in [0.1, 0.15) is 5.75 Å². The summed E-state index contributed by atoms with van der Waals surface area (Å²) in [6, 6.07) is 3.90. The lowest BCUT2D eigenvalue weighted by atomic mass is 10.2. The van der Waals surface area contributed by atoms with E-state index in [0.717, 1.165) is 0 Å². The first-order valence-corrected chi connectivity index (χ1v) is 8.43. The van der Waals surface area contributed by atoms with Crippen LogP contribution in [0.4, 0.5) is 5.69 Å². The van der Waals surface area contributed by atoms with Crippen molar-refractivity contribution in [2.75, 3.05) is 18.4 Å². The van der Waals surface area contributed by atoms with E-state index in [4.69, 9.17) is 0 Å². The number of benzene rings is 1. The van der Waals surface area contributed by atoms with Crippen molar-refractivity contribution in [2.45, 2.75) is 38.5 Å². The van der Waals surface area contributed by atoms with Crippen molar-refractivity contribution >= 4 is 21.6 Å². The van der Waals surface area contributed by atoms with Gasteiger partial charge < -0.3 is 10.4 Å². The van der Waals surface area contributed by atoms with Gasteiger partial charge in [0.25, 0.3) is 0 Å². The monoisotopic (exact) mass is 314 g/mol. The van der Waals surface area contributed by atoms with Crippen LogP contribution < -0.4 is 5.32 Å². The minimum atomic E-state index is -3.62. The van der Waals surface area contributed by atoms with Gasteiger partial charge in [0.15, 0.2) is 0 Å². The molecular formula is C14H22N2O4S. The second-order valence-electron chi connectivity index (χ2n) is 4.57. The highest BCUT2D eigenvalue weighted by molar-refractivity contribution is 7.89. The summed E-state index contributed by atoms with van der Waals surface area (Å²) < 4.78 is 26.1. The Balaban J connectivity index is 3.14. The average molecular weight is 314 g/mol. The predicted molar refractivity (Wildman–Crippen MR) is 81.8 cm³/mol. The van der Waals surface area contributed by atoms with Crippen molar-refractivity contribution in [2.24, 2.45) is 0 Å². The Morgan fingerprint density at radius 3 is 2.38 bits per heavy atom. The fourth-order valence-electron chi connectivity index (χ4n) is 1.93. The lowest BCUT2D eigenvalue weighted by molar-refractivity contribution is -0.116. The molecule has 0 unspecified atom stereocenters. The number of aromatic hydroxyl groups is 1. The summed E-state index contributed by atoms with van der Waals surface area (Å²) in [5, 5.41) is 12.3. The van der Waals surface area contributed by atoms with E-state index >= 15 is 0 Å². The second-order valence-corrected chi connectivity index (χ2v) is 6.50. The lowest BCUT2D eigenvalue weighted by Gasteiger charge is -2.19. The van der Waals surface area contributed by atoms with Crippen molar-refractivity contribution in [3.63, 3.8) is 0 Å². The minimum absolute atomic E-state index is 0.0517. The molecule has 1 aromatic carbocycles. The molecule has 0 atom stereocenters. The van der Waals surface area contributed by atoms with Crippen LogP contribution in [0.5, 0.6) is 5.75 Å². The molecule has 0 aromatic heterocycles. The molecule has 7 heteroatoms. The molecule has 1 amide bonds. The summed E-state index contributed by atoms with van der Waals surface area (Å²) >= 11 is 0. The number of carbonyl (C=O) groups is 1. The average Bonchev–Trinajstić information content (AvgIpc) is 2.42. The first-order chi connectivity index (χ1) is 9.86. The van der Waals surface area contributed by atoms with Crippen molar-refractivity contribution in [3.05, 3.63) is 18.2 Å². The Kier molecular flexibility index (Phi) is 6.17. The number of nitrogens with zero attached hydrogens (tertiary/aromatic N) is 1. The third kappa shape index (κ3) is 4.18. The number of rotatable bonds is 7. The van der Waals surface area contributed by atoms with Crippen LogP contribution in [0.1, 0.15) is 33.6 Å². The number of carbonyl (C=O) groups excluding carboxylic acids is 1. The molecule has 0 aliphatic rings. The van der Waals surface area contributed by atoms with Crippen molar-refractivity contribution in [3.8, 4) is 5.75 Å². The molecule has 0 aliphatic carbocycles. The number of hydrogen-bond acceptors (Lipinski definition) is 4. The van der Waals surface area contributed by atoms with E-state index < -0.39 is 10.0 Å². The topological polar surface area (TPSA) is 86.7 Å². The second kappa shape index (κ2) is 7.42. The van der Waals surface area contributed by atoms with Gasteiger partial charge in [-0.1, -0.05) is 20.8 Å². The van der Waals surface area contributed by atoms with Crippen LogP contribution in [0.2, 0.25) is 0 Å². The highest BCUT2D eigenvalue weighted by Crippen LogP contribution is 2.28.